The van der Waals surface area contributed by atoms with E-state index >= 15 is 0 Å². The third-order valence-electron chi connectivity index (χ3n) is 7.24. The number of hydrogen-bond donors (Lipinski definition) is 2. The molecular formula is C26H34ClN3O6. The number of ether oxygens (including phenoxy) is 2. The van der Waals surface area contributed by atoms with Gasteiger partial charge in [-0.15, -0.1) is 0 Å². The molecule has 3 aliphatic rings. The summed E-state index contributed by atoms with van der Waals surface area (Å²) in [6.07, 6.45) is 1.56. The van der Waals surface area contributed by atoms with Crippen molar-refractivity contribution in [2.24, 2.45) is 11.3 Å². The van der Waals surface area contributed by atoms with Crippen LogP contribution in [0.15, 0.2) is 24.3 Å². The Bertz CT molecular complexity index is 1040. The molecule has 2 aliphatic heterocycles. The second-order valence-electron chi connectivity index (χ2n) is 10.8. The molecule has 2 N–H and O–H groups in total. The Morgan fingerprint density at radius 3 is 2.61 bits per heavy atom. The smallest absolute Gasteiger partial charge is 0.310 e. The lowest BCUT2D eigenvalue weighted by molar-refractivity contribution is -0.165. The number of esters is 1. The number of benzene rings is 1. The molecule has 3 amide bonds. The van der Waals surface area contributed by atoms with Gasteiger partial charge in [-0.05, 0) is 49.7 Å². The summed E-state index contributed by atoms with van der Waals surface area (Å²) in [7, 11) is 0. The lowest BCUT2D eigenvalue weighted by Crippen LogP contribution is -2.62. The van der Waals surface area contributed by atoms with Crippen molar-refractivity contribution in [3.63, 3.8) is 0 Å². The van der Waals surface area contributed by atoms with E-state index in [1.165, 1.54) is 0 Å². The lowest BCUT2D eigenvalue weighted by atomic mass is 9.84. The maximum Gasteiger partial charge on any atom is 0.310 e. The summed E-state index contributed by atoms with van der Waals surface area (Å²) in [6, 6.07) is 4.42. The number of halogens is 1. The molecule has 2 bridgehead atoms. The highest BCUT2D eigenvalue weighted by Crippen LogP contribution is 2.44. The largest absolute Gasteiger partial charge is 0.433 e. The first-order valence-electron chi connectivity index (χ1n) is 12.5. The fourth-order valence-electron chi connectivity index (χ4n) is 5.53. The molecule has 3 fully saturated rings. The number of nitrogens with one attached hydrogen (secondary N) is 2. The zero-order valence-electron chi connectivity index (χ0n) is 21.1. The van der Waals surface area contributed by atoms with Gasteiger partial charge in [0.2, 0.25) is 18.1 Å². The van der Waals surface area contributed by atoms with Crippen molar-refractivity contribution < 1.29 is 28.7 Å². The van der Waals surface area contributed by atoms with Gasteiger partial charge >= 0.3 is 5.97 Å². The summed E-state index contributed by atoms with van der Waals surface area (Å²) in [6.45, 7) is 7.74. The minimum Gasteiger partial charge on any atom is -0.433 e. The summed E-state index contributed by atoms with van der Waals surface area (Å²) < 4.78 is 10.6. The number of carbonyl (C=O) groups excluding carboxylic acids is 4. The molecule has 0 aromatic heterocycles. The van der Waals surface area contributed by atoms with Crippen LogP contribution in [-0.2, 0) is 23.9 Å². The van der Waals surface area contributed by atoms with E-state index in [9.17, 15) is 19.2 Å². The van der Waals surface area contributed by atoms with Crippen molar-refractivity contribution in [2.75, 3.05) is 6.61 Å². The number of carbonyl (C=O) groups is 4. The number of hydrogen-bond acceptors (Lipinski definition) is 6. The summed E-state index contributed by atoms with van der Waals surface area (Å²) in [4.78, 5) is 54.0. The molecule has 1 saturated carbocycles. The quantitative estimate of drug-likeness (QED) is 0.535. The zero-order valence-corrected chi connectivity index (χ0v) is 21.8. The first-order chi connectivity index (χ1) is 17.0. The van der Waals surface area contributed by atoms with Gasteiger partial charge in [0.15, 0.2) is 0 Å². The van der Waals surface area contributed by atoms with Gasteiger partial charge in [0.1, 0.15) is 18.1 Å². The van der Waals surface area contributed by atoms with Crippen LogP contribution in [0.2, 0.25) is 5.02 Å². The molecule has 1 aromatic rings. The van der Waals surface area contributed by atoms with E-state index in [4.69, 9.17) is 21.1 Å². The Kier molecular flexibility index (Phi) is 7.61. The number of cyclic esters (lactones) is 1. The summed E-state index contributed by atoms with van der Waals surface area (Å²) in [5, 5.41) is 6.08. The second kappa shape index (κ2) is 10.4. The van der Waals surface area contributed by atoms with Gasteiger partial charge in [-0.25, -0.2) is 0 Å². The number of nitrogens with zero attached hydrogens (tertiary/aromatic N) is 1. The average molecular weight is 520 g/mol. The zero-order chi connectivity index (χ0) is 26.2. The van der Waals surface area contributed by atoms with E-state index in [1.54, 1.807) is 36.1 Å². The number of likely N-dealkylation sites (tertiary alicyclic amines) is 1. The SMILES string of the molecule is CCOC1OC(=O)CC1NC(=O)C1C2CCC(C2)N1C(=O)C(NC(=O)c1ccccc1Cl)C(C)(C)C. The summed E-state index contributed by atoms with van der Waals surface area (Å²) in [5.74, 6) is -1.48. The normalized spacial score (nSPS) is 28.1. The van der Waals surface area contributed by atoms with Crippen LogP contribution in [0.25, 0.3) is 0 Å². The molecule has 196 valence electrons. The highest BCUT2D eigenvalue weighted by molar-refractivity contribution is 6.33. The topological polar surface area (TPSA) is 114 Å². The van der Waals surface area contributed by atoms with Crippen molar-refractivity contribution in [2.45, 2.75) is 83.8 Å². The van der Waals surface area contributed by atoms with Crippen LogP contribution >= 0.6 is 11.6 Å². The monoisotopic (exact) mass is 519 g/mol. The first kappa shape index (κ1) is 26.4. The Morgan fingerprint density at radius 1 is 1.22 bits per heavy atom. The van der Waals surface area contributed by atoms with Gasteiger partial charge < -0.3 is 25.0 Å². The van der Waals surface area contributed by atoms with Crippen molar-refractivity contribution in [3.8, 4) is 0 Å². The predicted molar refractivity (Wildman–Crippen MR) is 132 cm³/mol. The highest BCUT2D eigenvalue weighted by atomic mass is 35.5. The van der Waals surface area contributed by atoms with Gasteiger partial charge in [0.25, 0.3) is 5.91 Å². The van der Waals surface area contributed by atoms with E-state index in [0.29, 0.717) is 11.6 Å². The van der Waals surface area contributed by atoms with Crippen LogP contribution in [0, 0.1) is 11.3 Å². The van der Waals surface area contributed by atoms with Crippen LogP contribution in [0.4, 0.5) is 0 Å². The molecule has 0 spiro atoms. The maximum absolute atomic E-state index is 14.0. The third-order valence-corrected chi connectivity index (χ3v) is 7.57. The van der Waals surface area contributed by atoms with Crippen molar-refractivity contribution in [3.05, 3.63) is 34.9 Å². The molecule has 0 radical (unpaired) electrons. The van der Waals surface area contributed by atoms with E-state index < -0.39 is 41.7 Å². The van der Waals surface area contributed by atoms with Gasteiger partial charge in [-0.2, -0.15) is 0 Å². The van der Waals surface area contributed by atoms with Crippen molar-refractivity contribution >= 4 is 35.3 Å². The van der Waals surface area contributed by atoms with E-state index in [1.807, 2.05) is 20.8 Å². The maximum atomic E-state index is 14.0. The molecule has 2 heterocycles. The number of piperidine rings is 1. The van der Waals surface area contributed by atoms with Crippen LogP contribution in [0.1, 0.15) is 63.7 Å². The van der Waals surface area contributed by atoms with Crippen LogP contribution in [-0.4, -0.2) is 65.7 Å². The van der Waals surface area contributed by atoms with Crippen LogP contribution < -0.4 is 10.6 Å². The van der Waals surface area contributed by atoms with Gasteiger partial charge in [-0.1, -0.05) is 44.5 Å². The summed E-state index contributed by atoms with van der Waals surface area (Å²) >= 11 is 6.21. The van der Waals surface area contributed by atoms with Crippen molar-refractivity contribution in [1.29, 1.82) is 0 Å². The Morgan fingerprint density at radius 2 is 1.94 bits per heavy atom. The van der Waals surface area contributed by atoms with Crippen molar-refractivity contribution in [1.82, 2.24) is 15.5 Å². The number of fused-ring (bicyclic) bond motifs is 2. The fraction of sp³-hybridized carbons (Fsp3) is 0.615. The molecule has 36 heavy (non-hydrogen) atoms. The fourth-order valence-corrected chi connectivity index (χ4v) is 5.75. The lowest BCUT2D eigenvalue weighted by Gasteiger charge is -2.40. The predicted octanol–water partition coefficient (Wildman–Crippen LogP) is 2.66. The minimum absolute atomic E-state index is 0.0161. The van der Waals surface area contributed by atoms with Crippen LogP contribution in [0.3, 0.4) is 0 Å². The van der Waals surface area contributed by atoms with E-state index in [0.717, 1.165) is 19.3 Å². The average Bonchev–Trinajstić information content (AvgIpc) is 3.51. The first-order valence-corrected chi connectivity index (χ1v) is 12.9. The Balaban J connectivity index is 1.55. The van der Waals surface area contributed by atoms with Gasteiger partial charge in [-0.3, -0.25) is 19.2 Å². The summed E-state index contributed by atoms with van der Waals surface area (Å²) in [5.41, 5.74) is -0.339. The second-order valence-corrected chi connectivity index (χ2v) is 11.2. The minimum atomic E-state index is -0.872. The standard InChI is InChI=1S/C26H34ClN3O6/c1-5-35-25-18(13-19(31)36-25)28-23(33)20-14-10-11-15(12-14)30(20)24(34)21(26(2,3)4)29-22(32)16-8-6-7-9-17(16)27/h6-9,14-15,18,20-21,25H,5,10-13H2,1-4H3,(H,28,33)(H,29,32). The van der Waals surface area contributed by atoms with E-state index in [-0.39, 0.29) is 35.8 Å². The van der Waals surface area contributed by atoms with Gasteiger partial charge in [0.05, 0.1) is 17.0 Å². The molecular weight excluding hydrogens is 486 g/mol. The molecule has 1 aliphatic carbocycles. The molecule has 1 aromatic carbocycles. The number of amides is 3. The Labute approximate surface area is 216 Å². The molecule has 6 unspecified atom stereocenters. The molecule has 2 saturated heterocycles. The van der Waals surface area contributed by atoms with Crippen LogP contribution in [0.5, 0.6) is 0 Å². The molecule has 10 heteroatoms. The van der Waals surface area contributed by atoms with Gasteiger partial charge in [0, 0.05) is 12.6 Å². The highest BCUT2D eigenvalue weighted by Gasteiger charge is 2.54. The number of rotatable bonds is 7. The third kappa shape index (κ3) is 5.22. The Hall–Kier alpha value is -2.65. The molecule has 6 atom stereocenters. The molecule has 4 rings (SSSR count). The van der Waals surface area contributed by atoms with E-state index in [2.05, 4.69) is 10.6 Å². The molecule has 9 nitrogen and oxygen atoms in total.